The SMILES string of the molecule is CC(C)(C)N(C(=O)[O-])c1ccc(CN=[N+]=N)nc1. The number of amides is 1. The molecular formula is C11H15N5O2. The quantitative estimate of drug-likeness (QED) is 0.639. The molecular weight excluding hydrogens is 234 g/mol. The van der Waals surface area contributed by atoms with Gasteiger partial charge in [-0.1, -0.05) is 0 Å². The Bertz CT molecular complexity index is 471. The van der Waals surface area contributed by atoms with Crippen molar-refractivity contribution in [2.45, 2.75) is 32.9 Å². The van der Waals surface area contributed by atoms with Crippen LogP contribution in [0.2, 0.25) is 0 Å². The van der Waals surface area contributed by atoms with Crippen molar-refractivity contribution in [1.29, 1.82) is 5.53 Å². The molecule has 0 radical (unpaired) electrons. The number of carbonyl (C=O) groups is 1. The molecule has 0 atom stereocenters. The van der Waals surface area contributed by atoms with E-state index in [0.29, 0.717) is 11.4 Å². The number of carbonyl (C=O) groups excluding carboxylic acids is 1. The van der Waals surface area contributed by atoms with Gasteiger partial charge >= 0.3 is 0 Å². The van der Waals surface area contributed by atoms with E-state index in [1.54, 1.807) is 32.9 Å². The van der Waals surface area contributed by atoms with Crippen molar-refractivity contribution < 1.29 is 9.90 Å². The third-order valence-electron chi connectivity index (χ3n) is 2.22. The van der Waals surface area contributed by atoms with E-state index >= 15 is 0 Å². The lowest BCUT2D eigenvalue weighted by Crippen LogP contribution is -2.52. The van der Waals surface area contributed by atoms with Gasteiger partial charge in [0.2, 0.25) is 4.91 Å². The number of anilines is 1. The molecule has 18 heavy (non-hydrogen) atoms. The van der Waals surface area contributed by atoms with E-state index in [-0.39, 0.29) is 6.54 Å². The minimum atomic E-state index is -1.28. The molecule has 0 saturated heterocycles. The number of pyridine rings is 1. The highest BCUT2D eigenvalue weighted by Crippen LogP contribution is 2.22. The van der Waals surface area contributed by atoms with Crippen LogP contribution in [-0.2, 0) is 6.54 Å². The maximum atomic E-state index is 11.1. The largest absolute Gasteiger partial charge is 0.530 e. The third-order valence-corrected chi connectivity index (χ3v) is 2.22. The van der Waals surface area contributed by atoms with Crippen molar-refractivity contribution in [3.05, 3.63) is 24.0 Å². The second kappa shape index (κ2) is 5.37. The standard InChI is InChI=1S/C11H15N5O2/c1-11(2,3)16(10(17)18)9-5-4-8(13-7-9)6-14-15-12/h4-5,7,12H,6H2,1-3H3. The first-order valence-electron chi connectivity index (χ1n) is 5.35. The van der Waals surface area contributed by atoms with Gasteiger partial charge in [0, 0.05) is 5.54 Å². The van der Waals surface area contributed by atoms with Crippen molar-refractivity contribution in [3.8, 4) is 0 Å². The minimum absolute atomic E-state index is 0.199. The van der Waals surface area contributed by atoms with Gasteiger partial charge in [-0.15, -0.1) is 0 Å². The molecule has 1 heterocycles. The summed E-state index contributed by atoms with van der Waals surface area (Å²) in [5.74, 6) is 0. The van der Waals surface area contributed by atoms with Gasteiger partial charge < -0.3 is 14.8 Å². The molecule has 0 aromatic carbocycles. The number of rotatable bonds is 3. The Hall–Kier alpha value is -2.27. The zero-order valence-electron chi connectivity index (χ0n) is 10.5. The molecule has 0 fully saturated rings. The van der Waals surface area contributed by atoms with Crippen LogP contribution in [0.3, 0.4) is 0 Å². The molecule has 7 heteroatoms. The summed E-state index contributed by atoms with van der Waals surface area (Å²) in [7, 11) is 0. The highest BCUT2D eigenvalue weighted by Gasteiger charge is 2.23. The van der Waals surface area contributed by atoms with E-state index in [1.807, 2.05) is 0 Å². The summed E-state index contributed by atoms with van der Waals surface area (Å²) in [5, 5.41) is 14.6. The van der Waals surface area contributed by atoms with E-state index in [4.69, 9.17) is 5.53 Å². The molecule has 0 aliphatic carbocycles. The Morgan fingerprint density at radius 1 is 1.56 bits per heavy atom. The van der Waals surface area contributed by atoms with E-state index < -0.39 is 11.6 Å². The number of nitrogens with zero attached hydrogens (tertiary/aromatic N) is 4. The highest BCUT2D eigenvalue weighted by atomic mass is 16.4. The molecule has 1 amide bonds. The van der Waals surface area contributed by atoms with Gasteiger partial charge in [0.25, 0.3) is 0 Å². The second-order valence-corrected chi connectivity index (χ2v) is 4.68. The van der Waals surface area contributed by atoms with Crippen LogP contribution in [0.5, 0.6) is 0 Å². The van der Waals surface area contributed by atoms with Gasteiger partial charge in [-0.25, -0.2) is 0 Å². The van der Waals surface area contributed by atoms with Crippen LogP contribution in [-0.4, -0.2) is 16.6 Å². The van der Waals surface area contributed by atoms with Crippen molar-refractivity contribution in [2.75, 3.05) is 4.90 Å². The van der Waals surface area contributed by atoms with Gasteiger partial charge in [0.15, 0.2) is 6.54 Å². The summed E-state index contributed by atoms with van der Waals surface area (Å²) in [5.41, 5.74) is 6.98. The van der Waals surface area contributed by atoms with Gasteiger partial charge in [-0.3, -0.25) is 4.98 Å². The Kier molecular flexibility index (Phi) is 4.12. The number of hydrogen-bond acceptors (Lipinski definition) is 5. The Balaban J connectivity index is 3.01. The number of nitrogens with one attached hydrogen (secondary N) is 1. The lowest BCUT2D eigenvalue weighted by atomic mass is 10.1. The fourth-order valence-electron chi connectivity index (χ4n) is 1.52. The van der Waals surface area contributed by atoms with Crippen LogP contribution >= 0.6 is 0 Å². The lowest BCUT2D eigenvalue weighted by molar-refractivity contribution is -0.247. The maximum Gasteiger partial charge on any atom is 0.214 e. The fourth-order valence-corrected chi connectivity index (χ4v) is 1.52. The molecule has 0 unspecified atom stereocenters. The average molecular weight is 249 g/mol. The van der Waals surface area contributed by atoms with Gasteiger partial charge in [0.1, 0.15) is 16.7 Å². The first kappa shape index (κ1) is 13.8. The van der Waals surface area contributed by atoms with Crippen LogP contribution in [0.15, 0.2) is 23.4 Å². The Labute approximate surface area is 105 Å². The molecule has 7 nitrogen and oxygen atoms in total. The zero-order valence-corrected chi connectivity index (χ0v) is 10.5. The molecule has 1 N–H and O–H groups in total. The summed E-state index contributed by atoms with van der Waals surface area (Å²) in [6.07, 6.45) is 0.165. The van der Waals surface area contributed by atoms with Crippen LogP contribution in [0.1, 0.15) is 26.5 Å². The number of carboxylic acid groups (broad SMARTS) is 1. The zero-order chi connectivity index (χ0) is 13.8. The molecule has 1 aromatic rings. The monoisotopic (exact) mass is 249 g/mol. The van der Waals surface area contributed by atoms with Crippen LogP contribution in [0, 0.1) is 5.53 Å². The van der Waals surface area contributed by atoms with Crippen molar-refractivity contribution >= 4 is 11.8 Å². The van der Waals surface area contributed by atoms with Crippen molar-refractivity contribution in [2.24, 2.45) is 5.11 Å². The van der Waals surface area contributed by atoms with E-state index in [1.165, 1.54) is 6.20 Å². The summed E-state index contributed by atoms with van der Waals surface area (Å²) in [6.45, 7) is 5.51. The fraction of sp³-hybridized carbons (Fsp3) is 0.455. The number of hydrogen-bond donors (Lipinski definition) is 1. The van der Waals surface area contributed by atoms with E-state index in [0.717, 1.165) is 4.90 Å². The van der Waals surface area contributed by atoms with Gasteiger partial charge in [-0.2, -0.15) is 0 Å². The van der Waals surface area contributed by atoms with E-state index in [9.17, 15) is 9.90 Å². The smallest absolute Gasteiger partial charge is 0.214 e. The molecule has 0 aliphatic rings. The molecule has 0 bridgehead atoms. The number of aromatic nitrogens is 1. The lowest BCUT2D eigenvalue weighted by Gasteiger charge is -2.37. The normalized spacial score (nSPS) is 10.6. The molecule has 1 aromatic heterocycles. The average Bonchev–Trinajstić information content (AvgIpc) is 2.25. The summed E-state index contributed by atoms with van der Waals surface area (Å²) >= 11 is 0. The summed E-state index contributed by atoms with van der Waals surface area (Å²) < 4.78 is 0. The maximum absolute atomic E-state index is 11.1. The van der Waals surface area contributed by atoms with Gasteiger partial charge in [-0.05, 0) is 32.9 Å². The first-order valence-corrected chi connectivity index (χ1v) is 5.35. The predicted molar refractivity (Wildman–Crippen MR) is 62.9 cm³/mol. The highest BCUT2D eigenvalue weighted by molar-refractivity contribution is 5.85. The summed E-state index contributed by atoms with van der Waals surface area (Å²) in [6, 6.07) is 3.27. The van der Waals surface area contributed by atoms with Crippen LogP contribution in [0.25, 0.3) is 0 Å². The van der Waals surface area contributed by atoms with E-state index in [2.05, 4.69) is 15.0 Å². The third kappa shape index (κ3) is 3.36. The van der Waals surface area contributed by atoms with Crippen LogP contribution in [0.4, 0.5) is 10.5 Å². The summed E-state index contributed by atoms with van der Waals surface area (Å²) in [4.78, 5) is 19.2. The Morgan fingerprint density at radius 2 is 2.22 bits per heavy atom. The molecule has 0 aliphatic heterocycles. The second-order valence-electron chi connectivity index (χ2n) is 4.68. The molecule has 0 saturated carbocycles. The van der Waals surface area contributed by atoms with Crippen molar-refractivity contribution in [3.63, 3.8) is 0 Å². The first-order chi connectivity index (χ1) is 8.36. The topological polar surface area (TPSA) is 107 Å². The molecule has 0 spiro atoms. The van der Waals surface area contributed by atoms with Gasteiger partial charge in [0.05, 0.1) is 17.6 Å². The minimum Gasteiger partial charge on any atom is -0.530 e. The molecule has 1 rings (SSSR count). The molecule has 96 valence electrons. The Morgan fingerprint density at radius 3 is 2.61 bits per heavy atom. The van der Waals surface area contributed by atoms with Crippen molar-refractivity contribution in [1.82, 2.24) is 9.90 Å². The van der Waals surface area contributed by atoms with Crippen LogP contribution < -0.4 is 14.9 Å². The predicted octanol–water partition coefficient (Wildman–Crippen LogP) is 1.08.